The first-order chi connectivity index (χ1) is 12.3. The minimum Gasteiger partial charge on any atom is -0.506 e. The number of hydrogen-bond acceptors (Lipinski definition) is 3. The highest BCUT2D eigenvalue weighted by atomic mass is 16.3. The molecule has 1 N–H and O–H groups in total. The Morgan fingerprint density at radius 2 is 1.80 bits per heavy atom. The zero-order valence-electron chi connectivity index (χ0n) is 14.3. The van der Waals surface area contributed by atoms with Crippen molar-refractivity contribution in [3.8, 4) is 17.1 Å². The smallest absolute Gasteiger partial charge is 0.141 e. The Bertz CT molecular complexity index is 1030. The van der Waals surface area contributed by atoms with Gasteiger partial charge in [-0.1, -0.05) is 44.0 Å². The average molecular weight is 331 g/mol. The van der Waals surface area contributed by atoms with Crippen molar-refractivity contribution in [1.29, 1.82) is 0 Å². The molecule has 3 nitrogen and oxygen atoms in total. The van der Waals surface area contributed by atoms with E-state index in [1.165, 1.54) is 23.8 Å². The molecule has 0 saturated carbocycles. The van der Waals surface area contributed by atoms with E-state index in [1.54, 1.807) is 12.3 Å². The summed E-state index contributed by atoms with van der Waals surface area (Å²) in [5.74, 6) is 1.10. The average Bonchev–Trinajstić information content (AvgIpc) is 3.01. The lowest BCUT2D eigenvalue weighted by Crippen LogP contribution is -1.89. The number of pyridine rings is 1. The van der Waals surface area contributed by atoms with Gasteiger partial charge in [0.15, 0.2) is 0 Å². The van der Waals surface area contributed by atoms with Gasteiger partial charge in [0.05, 0.1) is 0 Å². The molecule has 0 aliphatic rings. The van der Waals surface area contributed by atoms with E-state index < -0.39 is 0 Å². The number of para-hydroxylation sites is 1. The topological polar surface area (TPSA) is 46.3 Å². The van der Waals surface area contributed by atoms with E-state index in [0.29, 0.717) is 5.52 Å². The molecule has 0 saturated heterocycles. The van der Waals surface area contributed by atoms with Gasteiger partial charge in [0.25, 0.3) is 0 Å². The maximum absolute atomic E-state index is 10.1. The van der Waals surface area contributed by atoms with Crippen molar-refractivity contribution in [3.63, 3.8) is 0 Å². The SMILES string of the molecule is CCCCCc1c(-c2ccc(O)c3ncccc23)oc2ccccc12. The van der Waals surface area contributed by atoms with Crippen LogP contribution in [0.5, 0.6) is 5.75 Å². The van der Waals surface area contributed by atoms with Crippen LogP contribution >= 0.6 is 0 Å². The van der Waals surface area contributed by atoms with Crippen molar-refractivity contribution < 1.29 is 9.52 Å². The Hall–Kier alpha value is -2.81. The second-order valence-electron chi connectivity index (χ2n) is 6.39. The molecule has 2 aromatic carbocycles. The minimum atomic E-state index is 0.197. The largest absolute Gasteiger partial charge is 0.506 e. The molecule has 126 valence electrons. The van der Waals surface area contributed by atoms with Crippen molar-refractivity contribution in [1.82, 2.24) is 4.98 Å². The van der Waals surface area contributed by atoms with E-state index in [0.717, 1.165) is 35.1 Å². The second-order valence-corrected chi connectivity index (χ2v) is 6.39. The van der Waals surface area contributed by atoms with Crippen LogP contribution in [0.15, 0.2) is 59.1 Å². The van der Waals surface area contributed by atoms with Gasteiger partial charge >= 0.3 is 0 Å². The van der Waals surface area contributed by atoms with Crippen LogP contribution in [0.25, 0.3) is 33.2 Å². The molecule has 0 unspecified atom stereocenters. The molecule has 4 rings (SSSR count). The fraction of sp³-hybridized carbons (Fsp3) is 0.227. The molecular weight excluding hydrogens is 310 g/mol. The highest BCUT2D eigenvalue weighted by Gasteiger charge is 2.18. The number of benzene rings is 2. The number of aryl methyl sites for hydroxylation is 1. The number of phenols is 1. The molecule has 3 heteroatoms. The molecule has 0 aliphatic carbocycles. The normalized spacial score (nSPS) is 11.4. The standard InChI is InChI=1S/C22H21NO2/c1-2-3-4-9-17-15-8-5-6-11-20(15)25-22(17)18-12-13-19(24)21-16(18)10-7-14-23-21/h5-8,10-14,24H,2-4,9H2,1H3. The number of fused-ring (bicyclic) bond motifs is 2. The summed E-state index contributed by atoms with van der Waals surface area (Å²) in [5, 5.41) is 12.2. The molecule has 4 aromatic rings. The maximum Gasteiger partial charge on any atom is 0.141 e. The molecule has 0 spiro atoms. The molecule has 2 aromatic heterocycles. The third kappa shape index (κ3) is 2.76. The van der Waals surface area contributed by atoms with Crippen molar-refractivity contribution in [2.24, 2.45) is 0 Å². The Balaban J connectivity index is 1.95. The lowest BCUT2D eigenvalue weighted by Gasteiger charge is -2.08. The molecule has 0 bridgehead atoms. The first-order valence-electron chi connectivity index (χ1n) is 8.87. The van der Waals surface area contributed by atoms with Crippen LogP contribution in [0, 0.1) is 0 Å². The molecule has 0 aliphatic heterocycles. The van der Waals surface area contributed by atoms with Gasteiger partial charge in [-0.05, 0) is 37.1 Å². The lowest BCUT2D eigenvalue weighted by molar-refractivity contribution is 0.480. The zero-order chi connectivity index (χ0) is 17.2. The predicted octanol–water partition coefficient (Wildman–Crippen LogP) is 6.09. The quantitative estimate of drug-likeness (QED) is 0.450. The molecule has 25 heavy (non-hydrogen) atoms. The highest BCUT2D eigenvalue weighted by Crippen LogP contribution is 2.39. The summed E-state index contributed by atoms with van der Waals surface area (Å²) in [6.45, 7) is 2.22. The van der Waals surface area contributed by atoms with Crippen molar-refractivity contribution in [2.75, 3.05) is 0 Å². The van der Waals surface area contributed by atoms with Gasteiger partial charge in [-0.3, -0.25) is 4.98 Å². The van der Waals surface area contributed by atoms with Crippen LogP contribution in [0.1, 0.15) is 31.7 Å². The van der Waals surface area contributed by atoms with Crippen LogP contribution in [0.3, 0.4) is 0 Å². The monoisotopic (exact) mass is 331 g/mol. The summed E-state index contributed by atoms with van der Waals surface area (Å²) in [6.07, 6.45) is 6.23. The second kappa shape index (κ2) is 6.60. The summed E-state index contributed by atoms with van der Waals surface area (Å²) in [4.78, 5) is 4.33. The first kappa shape index (κ1) is 15.7. The third-order valence-electron chi connectivity index (χ3n) is 4.72. The minimum absolute atomic E-state index is 0.197. The van der Waals surface area contributed by atoms with Crippen LogP contribution in [0.2, 0.25) is 0 Å². The first-order valence-corrected chi connectivity index (χ1v) is 8.87. The number of phenolic OH excluding ortho intramolecular Hbond substituents is 1. The fourth-order valence-corrected chi connectivity index (χ4v) is 3.47. The van der Waals surface area contributed by atoms with Crippen molar-refractivity contribution in [2.45, 2.75) is 32.6 Å². The number of hydrogen-bond donors (Lipinski definition) is 1. The highest BCUT2D eigenvalue weighted by molar-refractivity contribution is 6.00. The van der Waals surface area contributed by atoms with Crippen LogP contribution in [-0.2, 0) is 6.42 Å². The number of unbranched alkanes of at least 4 members (excludes halogenated alkanes) is 2. The fourth-order valence-electron chi connectivity index (χ4n) is 3.47. The molecule has 0 radical (unpaired) electrons. The van der Waals surface area contributed by atoms with E-state index in [2.05, 4.69) is 24.0 Å². The van der Waals surface area contributed by atoms with Gasteiger partial charge in [-0.25, -0.2) is 0 Å². The van der Waals surface area contributed by atoms with E-state index in [1.807, 2.05) is 30.3 Å². The lowest BCUT2D eigenvalue weighted by atomic mass is 9.97. The van der Waals surface area contributed by atoms with E-state index in [4.69, 9.17) is 4.42 Å². The number of rotatable bonds is 5. The Morgan fingerprint density at radius 1 is 0.960 bits per heavy atom. The van der Waals surface area contributed by atoms with Gasteiger partial charge < -0.3 is 9.52 Å². The van der Waals surface area contributed by atoms with Gasteiger partial charge in [0.1, 0.15) is 22.6 Å². The Morgan fingerprint density at radius 3 is 2.68 bits per heavy atom. The zero-order valence-corrected chi connectivity index (χ0v) is 14.3. The van der Waals surface area contributed by atoms with Gasteiger partial charge in [0.2, 0.25) is 0 Å². The van der Waals surface area contributed by atoms with E-state index in [-0.39, 0.29) is 5.75 Å². The van der Waals surface area contributed by atoms with E-state index in [9.17, 15) is 5.11 Å². The number of nitrogens with zero attached hydrogens (tertiary/aromatic N) is 1. The summed E-state index contributed by atoms with van der Waals surface area (Å²) in [5.41, 5.74) is 3.76. The maximum atomic E-state index is 10.1. The van der Waals surface area contributed by atoms with Crippen LogP contribution in [0.4, 0.5) is 0 Å². The molecule has 0 atom stereocenters. The molecule has 2 heterocycles. The number of aromatic hydroxyl groups is 1. The summed E-state index contributed by atoms with van der Waals surface area (Å²) in [6, 6.07) is 15.7. The number of furan rings is 1. The van der Waals surface area contributed by atoms with Crippen molar-refractivity contribution >= 4 is 21.9 Å². The van der Waals surface area contributed by atoms with Crippen LogP contribution in [-0.4, -0.2) is 10.1 Å². The third-order valence-corrected chi connectivity index (χ3v) is 4.72. The molecule has 0 amide bonds. The van der Waals surface area contributed by atoms with Crippen LogP contribution < -0.4 is 0 Å². The Labute approximate surface area is 146 Å². The summed E-state index contributed by atoms with van der Waals surface area (Å²) < 4.78 is 6.25. The van der Waals surface area contributed by atoms with Crippen molar-refractivity contribution in [3.05, 3.63) is 60.3 Å². The summed E-state index contributed by atoms with van der Waals surface area (Å²) in [7, 11) is 0. The van der Waals surface area contributed by atoms with Gasteiger partial charge in [-0.15, -0.1) is 0 Å². The molecule has 0 fully saturated rings. The van der Waals surface area contributed by atoms with E-state index >= 15 is 0 Å². The van der Waals surface area contributed by atoms with Gasteiger partial charge in [0, 0.05) is 28.1 Å². The summed E-state index contributed by atoms with van der Waals surface area (Å²) >= 11 is 0. The van der Waals surface area contributed by atoms with Gasteiger partial charge in [-0.2, -0.15) is 0 Å². The molecular formula is C22H21NO2. The Kier molecular flexibility index (Phi) is 4.14. The number of aromatic nitrogens is 1. The predicted molar refractivity (Wildman–Crippen MR) is 102 cm³/mol.